The molecule has 2 aromatic carbocycles. The van der Waals surface area contributed by atoms with Gasteiger partial charge in [0.25, 0.3) is 11.8 Å². The van der Waals surface area contributed by atoms with Gasteiger partial charge < -0.3 is 9.47 Å². The summed E-state index contributed by atoms with van der Waals surface area (Å²) in [6.07, 6.45) is 2.25. The van der Waals surface area contributed by atoms with Crippen LogP contribution in [-0.2, 0) is 22.4 Å². The Morgan fingerprint density at radius 2 is 1.89 bits per heavy atom. The molecule has 0 heterocycles. The second-order valence-corrected chi connectivity index (χ2v) is 6.30. The maximum atomic E-state index is 13.5. The fourth-order valence-electron chi connectivity index (χ4n) is 2.84. The van der Waals surface area contributed by atoms with Gasteiger partial charge in [-0.25, -0.2) is 4.39 Å². The molecule has 0 radical (unpaired) electrons. The van der Waals surface area contributed by atoms with Gasteiger partial charge in [0.1, 0.15) is 5.75 Å². The SMILES string of the molecule is CC(Oc1ccccc1F)C(=O)NNC(=O)COc1ccc2c(c1)CCC2. The average Bonchev–Trinajstić information content (AvgIpc) is 3.14. The molecule has 0 aromatic heterocycles. The van der Waals surface area contributed by atoms with Gasteiger partial charge in [0, 0.05) is 0 Å². The summed E-state index contributed by atoms with van der Waals surface area (Å²) in [5, 5.41) is 0. The Hall–Kier alpha value is -3.09. The second-order valence-electron chi connectivity index (χ2n) is 6.30. The first-order chi connectivity index (χ1) is 13.0. The number of rotatable bonds is 6. The summed E-state index contributed by atoms with van der Waals surface area (Å²) in [6.45, 7) is 1.22. The highest BCUT2D eigenvalue weighted by atomic mass is 19.1. The minimum Gasteiger partial charge on any atom is -0.484 e. The molecule has 142 valence electrons. The molecule has 0 saturated heterocycles. The average molecular weight is 372 g/mol. The first-order valence-electron chi connectivity index (χ1n) is 8.77. The van der Waals surface area contributed by atoms with Crippen molar-refractivity contribution in [1.82, 2.24) is 10.9 Å². The summed E-state index contributed by atoms with van der Waals surface area (Å²) in [7, 11) is 0. The Labute approximate surface area is 156 Å². The molecule has 7 heteroatoms. The van der Waals surface area contributed by atoms with Crippen LogP contribution in [0.3, 0.4) is 0 Å². The van der Waals surface area contributed by atoms with E-state index in [1.54, 1.807) is 6.07 Å². The number of fused-ring (bicyclic) bond motifs is 1. The highest BCUT2D eigenvalue weighted by Gasteiger charge is 2.17. The smallest absolute Gasteiger partial charge is 0.279 e. The molecule has 0 saturated carbocycles. The first-order valence-corrected chi connectivity index (χ1v) is 8.77. The summed E-state index contributed by atoms with van der Waals surface area (Å²) in [5.41, 5.74) is 7.06. The Kier molecular flexibility index (Phi) is 5.90. The Morgan fingerprint density at radius 3 is 2.70 bits per heavy atom. The van der Waals surface area contributed by atoms with E-state index in [4.69, 9.17) is 9.47 Å². The van der Waals surface area contributed by atoms with E-state index in [0.717, 1.165) is 19.3 Å². The molecule has 1 unspecified atom stereocenters. The van der Waals surface area contributed by atoms with Gasteiger partial charge in [-0.2, -0.15) is 0 Å². The van der Waals surface area contributed by atoms with Crippen molar-refractivity contribution in [2.45, 2.75) is 32.3 Å². The molecule has 1 aliphatic carbocycles. The van der Waals surface area contributed by atoms with Crippen LogP contribution >= 0.6 is 0 Å². The highest BCUT2D eigenvalue weighted by molar-refractivity contribution is 5.85. The number of para-hydroxylation sites is 1. The van der Waals surface area contributed by atoms with Crippen molar-refractivity contribution in [1.29, 1.82) is 0 Å². The third kappa shape index (κ3) is 4.97. The number of ether oxygens (including phenoxy) is 2. The van der Waals surface area contributed by atoms with Crippen molar-refractivity contribution >= 4 is 11.8 Å². The van der Waals surface area contributed by atoms with Gasteiger partial charge in [0.15, 0.2) is 24.3 Å². The number of nitrogens with one attached hydrogen (secondary N) is 2. The van der Waals surface area contributed by atoms with Gasteiger partial charge in [0.05, 0.1) is 0 Å². The van der Waals surface area contributed by atoms with Crippen LogP contribution in [0.4, 0.5) is 4.39 Å². The normalized spacial score (nSPS) is 13.4. The molecular weight excluding hydrogens is 351 g/mol. The third-order valence-electron chi connectivity index (χ3n) is 4.27. The van der Waals surface area contributed by atoms with Crippen molar-refractivity contribution in [2.75, 3.05) is 6.61 Å². The van der Waals surface area contributed by atoms with E-state index in [0.29, 0.717) is 5.75 Å². The van der Waals surface area contributed by atoms with Crippen molar-refractivity contribution in [2.24, 2.45) is 0 Å². The number of aryl methyl sites for hydroxylation is 2. The Balaban J connectivity index is 1.42. The van der Waals surface area contributed by atoms with Crippen molar-refractivity contribution in [3.8, 4) is 11.5 Å². The zero-order valence-corrected chi connectivity index (χ0v) is 15.0. The Bertz CT molecular complexity index is 840. The lowest BCUT2D eigenvalue weighted by Crippen LogP contribution is -2.48. The summed E-state index contributed by atoms with van der Waals surface area (Å²) < 4.78 is 24.2. The van der Waals surface area contributed by atoms with Gasteiger partial charge in [-0.15, -0.1) is 0 Å². The lowest BCUT2D eigenvalue weighted by atomic mass is 10.1. The maximum Gasteiger partial charge on any atom is 0.279 e. The standard InChI is InChI=1S/C20H21FN2O4/c1-13(27-18-8-3-2-7-17(18)21)20(25)23-22-19(24)12-26-16-10-9-14-5-4-6-15(14)11-16/h2-3,7-11,13H,4-6,12H2,1H3,(H,22,24)(H,23,25). The molecule has 3 rings (SSSR count). The second kappa shape index (κ2) is 8.53. The molecule has 27 heavy (non-hydrogen) atoms. The van der Waals surface area contributed by atoms with Gasteiger partial charge in [0.2, 0.25) is 0 Å². The lowest BCUT2D eigenvalue weighted by Gasteiger charge is -2.15. The van der Waals surface area contributed by atoms with Gasteiger partial charge >= 0.3 is 0 Å². The number of hydrazine groups is 1. The van der Waals surface area contributed by atoms with E-state index in [2.05, 4.69) is 10.9 Å². The van der Waals surface area contributed by atoms with Crippen molar-refractivity contribution < 1.29 is 23.5 Å². The number of benzene rings is 2. The van der Waals surface area contributed by atoms with Crippen molar-refractivity contribution in [3.05, 3.63) is 59.4 Å². The predicted molar refractivity (Wildman–Crippen MR) is 96.7 cm³/mol. The van der Waals surface area contributed by atoms with Crippen LogP contribution in [0.15, 0.2) is 42.5 Å². The fraction of sp³-hybridized carbons (Fsp3) is 0.300. The Morgan fingerprint density at radius 1 is 1.11 bits per heavy atom. The summed E-state index contributed by atoms with van der Waals surface area (Å²) >= 11 is 0. The number of carbonyl (C=O) groups excluding carboxylic acids is 2. The van der Waals surface area contributed by atoms with E-state index >= 15 is 0 Å². The van der Waals surface area contributed by atoms with Crippen LogP contribution in [0.2, 0.25) is 0 Å². The molecule has 1 aliphatic rings. The molecule has 0 bridgehead atoms. The molecule has 2 aromatic rings. The van der Waals surface area contributed by atoms with E-state index in [1.807, 2.05) is 18.2 Å². The largest absolute Gasteiger partial charge is 0.484 e. The molecule has 6 nitrogen and oxygen atoms in total. The molecule has 0 aliphatic heterocycles. The van der Waals surface area contributed by atoms with Gasteiger partial charge in [-0.3, -0.25) is 20.4 Å². The number of hydrogen-bond donors (Lipinski definition) is 2. The predicted octanol–water partition coefficient (Wildman–Crippen LogP) is 2.31. The monoisotopic (exact) mass is 372 g/mol. The van der Waals surface area contributed by atoms with Crippen LogP contribution in [0, 0.1) is 5.82 Å². The minimum atomic E-state index is -0.986. The fourth-order valence-corrected chi connectivity index (χ4v) is 2.84. The topological polar surface area (TPSA) is 76.7 Å². The molecular formula is C20H21FN2O4. The van der Waals surface area contributed by atoms with E-state index in [-0.39, 0.29) is 12.4 Å². The summed E-state index contributed by atoms with van der Waals surface area (Å²) in [5.74, 6) is -1.10. The van der Waals surface area contributed by atoms with Crippen LogP contribution < -0.4 is 20.3 Å². The molecule has 2 amide bonds. The number of amides is 2. The summed E-state index contributed by atoms with van der Waals surface area (Å²) in [6, 6.07) is 11.6. The minimum absolute atomic E-state index is 0.0357. The van der Waals surface area contributed by atoms with Crippen LogP contribution in [0.25, 0.3) is 0 Å². The van der Waals surface area contributed by atoms with E-state index in [1.165, 1.54) is 36.2 Å². The molecule has 0 spiro atoms. The summed E-state index contributed by atoms with van der Waals surface area (Å²) in [4.78, 5) is 23.8. The van der Waals surface area contributed by atoms with Gasteiger partial charge in [-0.1, -0.05) is 18.2 Å². The van der Waals surface area contributed by atoms with E-state index < -0.39 is 23.7 Å². The van der Waals surface area contributed by atoms with Gasteiger partial charge in [-0.05, 0) is 61.6 Å². The van der Waals surface area contributed by atoms with Crippen molar-refractivity contribution in [3.63, 3.8) is 0 Å². The lowest BCUT2D eigenvalue weighted by molar-refractivity contribution is -0.133. The molecule has 0 fully saturated rings. The van der Waals surface area contributed by atoms with Crippen LogP contribution in [0.1, 0.15) is 24.5 Å². The first kappa shape index (κ1) is 18.7. The third-order valence-corrected chi connectivity index (χ3v) is 4.27. The highest BCUT2D eigenvalue weighted by Crippen LogP contribution is 2.25. The zero-order valence-electron chi connectivity index (χ0n) is 15.0. The quantitative estimate of drug-likeness (QED) is 0.763. The zero-order chi connectivity index (χ0) is 19.2. The van der Waals surface area contributed by atoms with Crippen LogP contribution in [0.5, 0.6) is 11.5 Å². The number of carbonyl (C=O) groups is 2. The van der Waals surface area contributed by atoms with Crippen LogP contribution in [-0.4, -0.2) is 24.5 Å². The number of hydrogen-bond acceptors (Lipinski definition) is 4. The van der Waals surface area contributed by atoms with E-state index in [9.17, 15) is 14.0 Å². The molecule has 2 N–H and O–H groups in total. The maximum absolute atomic E-state index is 13.5. The number of halogens is 1. The molecule has 1 atom stereocenters.